The number of amides is 2. The highest BCUT2D eigenvalue weighted by Crippen LogP contribution is 2.30. The van der Waals surface area contributed by atoms with E-state index in [0.29, 0.717) is 5.56 Å². The van der Waals surface area contributed by atoms with Crippen LogP contribution in [0.4, 0.5) is 0 Å². The van der Waals surface area contributed by atoms with Crippen LogP contribution in [0.3, 0.4) is 0 Å². The van der Waals surface area contributed by atoms with Crippen molar-refractivity contribution in [1.82, 2.24) is 4.90 Å². The lowest BCUT2D eigenvalue weighted by molar-refractivity contribution is -0.127. The zero-order chi connectivity index (χ0) is 20.0. The monoisotopic (exact) mass is 369 g/mol. The van der Waals surface area contributed by atoms with Gasteiger partial charge in [0.15, 0.2) is 0 Å². The van der Waals surface area contributed by atoms with Crippen molar-refractivity contribution in [2.24, 2.45) is 0 Å². The summed E-state index contributed by atoms with van der Waals surface area (Å²) in [6, 6.07) is 28.0. The van der Waals surface area contributed by atoms with Crippen LogP contribution in [0.1, 0.15) is 35.3 Å². The zero-order valence-corrected chi connectivity index (χ0v) is 16.1. The molecule has 2 amide bonds. The summed E-state index contributed by atoms with van der Waals surface area (Å²) < 4.78 is 0. The number of carbonyl (C=O) groups excluding carboxylic acids is 2. The van der Waals surface area contributed by atoms with E-state index in [2.05, 4.69) is 0 Å². The lowest BCUT2D eigenvalue weighted by atomic mass is 9.91. The summed E-state index contributed by atoms with van der Waals surface area (Å²) in [5.74, 6) is -0.677. The fourth-order valence-electron chi connectivity index (χ4n) is 3.12. The van der Waals surface area contributed by atoms with Crippen LogP contribution in [0.5, 0.6) is 0 Å². The summed E-state index contributed by atoms with van der Waals surface area (Å²) in [4.78, 5) is 27.8. The van der Waals surface area contributed by atoms with Gasteiger partial charge in [0.1, 0.15) is 0 Å². The molecule has 0 fully saturated rings. The molecule has 0 heterocycles. The van der Waals surface area contributed by atoms with E-state index in [0.717, 1.165) is 11.1 Å². The molecule has 0 saturated heterocycles. The maximum atomic E-state index is 13.3. The van der Waals surface area contributed by atoms with Gasteiger partial charge in [0.05, 0.1) is 5.54 Å². The molecule has 0 saturated carbocycles. The summed E-state index contributed by atoms with van der Waals surface area (Å²) in [6.45, 7) is 3.77. The van der Waals surface area contributed by atoms with Crippen LogP contribution < -0.4 is 0 Å². The lowest BCUT2D eigenvalue weighted by Gasteiger charge is -2.37. The number of hydrogen-bond acceptors (Lipinski definition) is 2. The van der Waals surface area contributed by atoms with Gasteiger partial charge in [-0.15, -0.1) is 0 Å². The van der Waals surface area contributed by atoms with Gasteiger partial charge in [-0.1, -0.05) is 78.9 Å². The highest BCUT2D eigenvalue weighted by atomic mass is 16.2. The quantitative estimate of drug-likeness (QED) is 0.572. The Morgan fingerprint density at radius 3 is 1.82 bits per heavy atom. The van der Waals surface area contributed by atoms with Crippen LogP contribution in [-0.4, -0.2) is 16.7 Å². The van der Waals surface area contributed by atoms with Crippen molar-refractivity contribution >= 4 is 17.9 Å². The summed E-state index contributed by atoms with van der Waals surface area (Å²) >= 11 is 0. The summed E-state index contributed by atoms with van der Waals surface area (Å²) in [5.41, 5.74) is 1.46. The van der Waals surface area contributed by atoms with Crippen molar-refractivity contribution in [1.29, 1.82) is 0 Å². The summed E-state index contributed by atoms with van der Waals surface area (Å²) in [6.07, 6.45) is 3.19. The van der Waals surface area contributed by atoms with Crippen molar-refractivity contribution in [2.75, 3.05) is 0 Å². The molecule has 0 aliphatic carbocycles. The SMILES string of the molecule is CC(C)(c1ccccc1)N(C(=O)/C=C/c1ccccc1)C(=O)c1ccccc1. The summed E-state index contributed by atoms with van der Waals surface area (Å²) in [7, 11) is 0. The maximum absolute atomic E-state index is 13.3. The second kappa shape index (κ2) is 8.49. The van der Waals surface area contributed by atoms with Gasteiger partial charge < -0.3 is 0 Å². The molecule has 3 aromatic rings. The van der Waals surface area contributed by atoms with E-state index in [1.165, 1.54) is 11.0 Å². The Labute approximate surface area is 165 Å². The molecule has 0 N–H and O–H groups in total. The second-order valence-corrected chi connectivity index (χ2v) is 7.01. The first kappa shape index (κ1) is 19.3. The minimum atomic E-state index is -0.813. The van der Waals surface area contributed by atoms with Gasteiger partial charge >= 0.3 is 0 Å². The smallest absolute Gasteiger partial charge is 0.261 e. The third-order valence-corrected chi connectivity index (χ3v) is 4.70. The topological polar surface area (TPSA) is 37.4 Å². The van der Waals surface area contributed by atoms with Gasteiger partial charge in [-0.3, -0.25) is 14.5 Å². The second-order valence-electron chi connectivity index (χ2n) is 7.01. The first-order valence-electron chi connectivity index (χ1n) is 9.22. The van der Waals surface area contributed by atoms with Crippen LogP contribution in [0.25, 0.3) is 6.08 Å². The molecule has 0 unspecified atom stereocenters. The normalized spacial score (nSPS) is 11.4. The molecule has 3 rings (SSSR count). The van der Waals surface area contributed by atoms with Gasteiger partial charge in [0.25, 0.3) is 11.8 Å². The Morgan fingerprint density at radius 1 is 0.750 bits per heavy atom. The van der Waals surface area contributed by atoms with Crippen LogP contribution in [0.15, 0.2) is 97.1 Å². The average molecular weight is 369 g/mol. The Balaban J connectivity index is 2.00. The van der Waals surface area contributed by atoms with Crippen molar-refractivity contribution < 1.29 is 9.59 Å². The van der Waals surface area contributed by atoms with E-state index < -0.39 is 5.54 Å². The average Bonchev–Trinajstić information content (AvgIpc) is 2.74. The highest BCUT2D eigenvalue weighted by Gasteiger charge is 2.36. The largest absolute Gasteiger partial charge is 0.269 e. The fourth-order valence-corrected chi connectivity index (χ4v) is 3.12. The van der Waals surface area contributed by atoms with E-state index in [1.54, 1.807) is 30.3 Å². The van der Waals surface area contributed by atoms with Gasteiger partial charge in [0.2, 0.25) is 0 Å². The first-order chi connectivity index (χ1) is 13.5. The molecular weight excluding hydrogens is 346 g/mol. The third kappa shape index (κ3) is 4.26. The van der Waals surface area contributed by atoms with Gasteiger partial charge in [-0.2, -0.15) is 0 Å². The number of imide groups is 1. The van der Waals surface area contributed by atoms with Gasteiger partial charge in [-0.05, 0) is 43.2 Å². The fraction of sp³-hybridized carbons (Fsp3) is 0.120. The molecule has 0 radical (unpaired) electrons. The van der Waals surface area contributed by atoms with Crippen LogP contribution in [-0.2, 0) is 10.3 Å². The molecule has 0 aromatic heterocycles. The van der Waals surface area contributed by atoms with E-state index >= 15 is 0 Å². The maximum Gasteiger partial charge on any atom is 0.261 e. The predicted octanol–water partition coefficient (Wildman–Crippen LogP) is 5.30. The van der Waals surface area contributed by atoms with E-state index in [4.69, 9.17) is 0 Å². The predicted molar refractivity (Wildman–Crippen MR) is 113 cm³/mol. The Morgan fingerprint density at radius 2 is 1.25 bits per heavy atom. The Hall–Kier alpha value is -3.46. The number of benzene rings is 3. The molecule has 0 atom stereocenters. The molecule has 3 aromatic carbocycles. The van der Waals surface area contributed by atoms with E-state index in [9.17, 15) is 9.59 Å². The number of rotatable bonds is 5. The standard InChI is InChI=1S/C25H23NO2/c1-25(2,22-16-10-5-11-17-22)26(24(28)21-14-8-4-9-15-21)23(27)19-18-20-12-6-3-7-13-20/h3-19H,1-2H3/b19-18+. The van der Waals surface area contributed by atoms with Gasteiger partial charge in [0, 0.05) is 11.6 Å². The number of nitrogens with zero attached hydrogens (tertiary/aromatic N) is 1. The van der Waals surface area contributed by atoms with E-state index in [1.807, 2.05) is 80.6 Å². The van der Waals surface area contributed by atoms with Crippen LogP contribution in [0, 0.1) is 0 Å². The molecule has 0 aliphatic heterocycles. The van der Waals surface area contributed by atoms with Crippen LogP contribution in [0.2, 0.25) is 0 Å². The molecule has 0 aliphatic rings. The van der Waals surface area contributed by atoms with Crippen molar-refractivity contribution in [3.8, 4) is 0 Å². The zero-order valence-electron chi connectivity index (χ0n) is 16.1. The minimum absolute atomic E-state index is 0.322. The van der Waals surface area contributed by atoms with Crippen molar-refractivity contribution in [3.63, 3.8) is 0 Å². The number of carbonyl (C=O) groups is 2. The van der Waals surface area contributed by atoms with Crippen LogP contribution >= 0.6 is 0 Å². The molecule has 0 bridgehead atoms. The van der Waals surface area contributed by atoms with E-state index in [-0.39, 0.29) is 11.8 Å². The molecule has 0 spiro atoms. The molecule has 3 heteroatoms. The Bertz CT molecular complexity index is 961. The molecule has 3 nitrogen and oxygen atoms in total. The molecule has 140 valence electrons. The highest BCUT2D eigenvalue weighted by molar-refractivity contribution is 6.09. The van der Waals surface area contributed by atoms with Gasteiger partial charge in [-0.25, -0.2) is 0 Å². The third-order valence-electron chi connectivity index (χ3n) is 4.70. The Kier molecular flexibility index (Phi) is 5.85. The minimum Gasteiger partial charge on any atom is -0.269 e. The summed E-state index contributed by atoms with van der Waals surface area (Å²) in [5, 5.41) is 0. The van der Waals surface area contributed by atoms with Crippen molar-refractivity contribution in [2.45, 2.75) is 19.4 Å². The lowest BCUT2D eigenvalue weighted by Crippen LogP contribution is -2.48. The number of hydrogen-bond donors (Lipinski definition) is 0. The molecule has 28 heavy (non-hydrogen) atoms. The first-order valence-corrected chi connectivity index (χ1v) is 9.22. The van der Waals surface area contributed by atoms with Crippen molar-refractivity contribution in [3.05, 3.63) is 114 Å². The molecular formula is C25H23NO2.